The Morgan fingerprint density at radius 2 is 1.15 bits per heavy atom. The van der Waals surface area contributed by atoms with Crippen LogP contribution in [0.5, 0.6) is 0 Å². The number of benzene rings is 4. The van der Waals surface area contributed by atoms with E-state index in [2.05, 4.69) is 9.97 Å². The van der Waals surface area contributed by atoms with Crippen LogP contribution in [-0.2, 0) is 9.59 Å². The van der Waals surface area contributed by atoms with Crippen LogP contribution in [0.1, 0.15) is 86.2 Å². The number of H-pyrrole nitrogens is 2. The highest BCUT2D eigenvalue weighted by Gasteiger charge is 2.36. The molecule has 4 aromatic carbocycles. The zero-order valence-corrected chi connectivity index (χ0v) is 31.0. The van der Waals surface area contributed by atoms with E-state index < -0.39 is 0 Å². The lowest BCUT2D eigenvalue weighted by Gasteiger charge is -2.26. The van der Waals surface area contributed by atoms with Crippen molar-refractivity contribution in [1.29, 1.82) is 0 Å². The quantitative estimate of drug-likeness (QED) is 0.153. The highest BCUT2D eigenvalue weighted by molar-refractivity contribution is 5.85. The van der Waals surface area contributed by atoms with Crippen molar-refractivity contribution in [2.45, 2.75) is 63.5 Å². The number of amides is 2. The van der Waals surface area contributed by atoms with Crippen LogP contribution in [0.4, 0.5) is 0 Å². The van der Waals surface area contributed by atoms with Gasteiger partial charge in [0.1, 0.15) is 17.2 Å². The van der Waals surface area contributed by atoms with Gasteiger partial charge in [0.2, 0.25) is 17.7 Å². The lowest BCUT2D eigenvalue weighted by molar-refractivity contribution is -0.134. The summed E-state index contributed by atoms with van der Waals surface area (Å²) < 4.78 is 6.19. The molecule has 0 saturated carbocycles. The summed E-state index contributed by atoms with van der Waals surface area (Å²) in [5.41, 5.74) is 8.06. The van der Waals surface area contributed by atoms with Crippen molar-refractivity contribution in [1.82, 2.24) is 34.7 Å². The molecule has 0 spiro atoms. The second-order valence-corrected chi connectivity index (χ2v) is 14.8. The molecule has 9 rings (SSSR count). The first-order valence-corrected chi connectivity index (χ1v) is 19.2. The van der Waals surface area contributed by atoms with E-state index in [1.165, 1.54) is 0 Å². The predicted molar refractivity (Wildman–Crippen MR) is 212 cm³/mol. The molecule has 0 radical (unpaired) electrons. The Hall–Kier alpha value is -6.29. The molecule has 0 bridgehead atoms. The van der Waals surface area contributed by atoms with Gasteiger partial charge in [0, 0.05) is 24.2 Å². The Labute approximate surface area is 319 Å². The van der Waals surface area contributed by atoms with Gasteiger partial charge < -0.3 is 24.2 Å². The van der Waals surface area contributed by atoms with Gasteiger partial charge in [-0.2, -0.15) is 0 Å². The van der Waals surface area contributed by atoms with Crippen molar-refractivity contribution in [2.75, 3.05) is 13.1 Å². The standard InChI is InChI=1S/C45H43N7O3/c1-28(30-11-5-3-6-12-30)44(53)51-23-9-15-38(51)41-46-26-36(48-41)32-17-19-33(20-18-32)43-50-35-25-34(21-22-40(35)55-43)37-27-47-42(49-37)39-16-10-24-52(39)45(54)29(2)31-13-7-4-8-14-31/h3-8,11-14,17-22,25-29,38-39H,9-10,15-16,23-24H2,1-2H3,(H,46,48)(H,47,49)/t28-,29-,38+,39?/m1/s1. The third-order valence-electron chi connectivity index (χ3n) is 11.4. The minimum absolute atomic E-state index is 0.0694. The molecule has 10 nitrogen and oxygen atoms in total. The molecule has 2 aliphatic rings. The maximum Gasteiger partial charge on any atom is 0.230 e. The second kappa shape index (κ2) is 14.5. The van der Waals surface area contributed by atoms with E-state index in [1.54, 1.807) is 0 Å². The first kappa shape index (κ1) is 34.5. The Morgan fingerprint density at radius 1 is 0.655 bits per heavy atom. The molecule has 276 valence electrons. The molecule has 1 unspecified atom stereocenters. The predicted octanol–water partition coefficient (Wildman–Crippen LogP) is 9.21. The van der Waals surface area contributed by atoms with Gasteiger partial charge in [-0.25, -0.2) is 15.0 Å². The Balaban J connectivity index is 0.882. The monoisotopic (exact) mass is 729 g/mol. The Kier molecular flexibility index (Phi) is 9.09. The minimum atomic E-state index is -0.213. The van der Waals surface area contributed by atoms with Crippen LogP contribution < -0.4 is 0 Å². The molecule has 2 fully saturated rings. The van der Waals surface area contributed by atoms with Gasteiger partial charge in [0.25, 0.3) is 0 Å². The minimum Gasteiger partial charge on any atom is -0.436 e. The van der Waals surface area contributed by atoms with Crippen molar-refractivity contribution >= 4 is 22.9 Å². The smallest absolute Gasteiger partial charge is 0.230 e. The van der Waals surface area contributed by atoms with Crippen LogP contribution in [0.2, 0.25) is 0 Å². The number of nitrogens with one attached hydrogen (secondary N) is 2. The van der Waals surface area contributed by atoms with E-state index in [1.807, 2.05) is 139 Å². The normalized spacial score (nSPS) is 18.2. The van der Waals surface area contributed by atoms with Gasteiger partial charge in [-0.3, -0.25) is 9.59 Å². The molecule has 5 heterocycles. The SMILES string of the molecule is C[C@@H](C(=O)N1CCCC1c1ncc(-c2ccc3oc(-c4ccc(-c5cnc([C@@H]6CCCN6C(=O)[C@H](C)c6ccccc6)[nH]5)cc4)nc3c2)[nH]1)c1ccccc1. The van der Waals surface area contributed by atoms with Gasteiger partial charge in [-0.05, 0) is 86.6 Å². The van der Waals surface area contributed by atoms with Gasteiger partial charge >= 0.3 is 0 Å². The molecule has 2 saturated heterocycles. The van der Waals surface area contributed by atoms with Gasteiger partial charge in [0.15, 0.2) is 5.58 Å². The van der Waals surface area contributed by atoms with Crippen molar-refractivity contribution in [2.24, 2.45) is 0 Å². The molecule has 2 aliphatic heterocycles. The summed E-state index contributed by atoms with van der Waals surface area (Å²) in [4.78, 5) is 52.4. The van der Waals surface area contributed by atoms with Crippen LogP contribution in [-0.4, -0.2) is 59.6 Å². The summed E-state index contributed by atoms with van der Waals surface area (Å²) in [7, 11) is 0. The zero-order chi connectivity index (χ0) is 37.5. The summed E-state index contributed by atoms with van der Waals surface area (Å²) in [5, 5.41) is 0. The van der Waals surface area contributed by atoms with Crippen LogP contribution in [0.3, 0.4) is 0 Å². The first-order valence-electron chi connectivity index (χ1n) is 19.2. The number of imidazole rings is 2. The number of oxazole rings is 1. The van der Waals surface area contributed by atoms with Crippen LogP contribution in [0.15, 0.2) is 120 Å². The fourth-order valence-electron chi connectivity index (χ4n) is 8.21. The number of nitrogens with zero attached hydrogens (tertiary/aromatic N) is 5. The lowest BCUT2D eigenvalue weighted by Crippen LogP contribution is -2.34. The molecule has 3 aromatic heterocycles. The van der Waals surface area contributed by atoms with Crippen LogP contribution in [0, 0.1) is 0 Å². The number of hydrogen-bond donors (Lipinski definition) is 2. The third-order valence-corrected chi connectivity index (χ3v) is 11.4. The fraction of sp³-hybridized carbons (Fsp3) is 0.267. The molecule has 10 heteroatoms. The molecule has 55 heavy (non-hydrogen) atoms. The van der Waals surface area contributed by atoms with Gasteiger partial charge in [0.05, 0.1) is 47.7 Å². The summed E-state index contributed by atoms with van der Waals surface area (Å²) in [6.07, 6.45) is 7.35. The molecule has 2 N–H and O–H groups in total. The van der Waals surface area contributed by atoms with E-state index in [4.69, 9.17) is 19.4 Å². The summed E-state index contributed by atoms with van der Waals surface area (Å²) in [5.74, 6) is 2.00. The number of aromatic nitrogens is 5. The summed E-state index contributed by atoms with van der Waals surface area (Å²) >= 11 is 0. The number of aromatic amines is 2. The van der Waals surface area contributed by atoms with Gasteiger partial charge in [-0.1, -0.05) is 72.8 Å². The number of rotatable bonds is 9. The first-order chi connectivity index (χ1) is 26.9. The highest BCUT2D eigenvalue weighted by atomic mass is 16.3. The number of carbonyl (C=O) groups is 2. The molecule has 7 aromatic rings. The van der Waals surface area contributed by atoms with Crippen molar-refractivity contribution in [3.8, 4) is 34.0 Å². The van der Waals surface area contributed by atoms with E-state index in [9.17, 15) is 9.59 Å². The van der Waals surface area contributed by atoms with E-state index in [0.717, 1.165) is 95.1 Å². The number of likely N-dealkylation sites (tertiary alicyclic amines) is 2. The highest BCUT2D eigenvalue weighted by Crippen LogP contribution is 2.37. The zero-order valence-electron chi connectivity index (χ0n) is 31.0. The second-order valence-electron chi connectivity index (χ2n) is 14.8. The number of carbonyl (C=O) groups excluding carboxylic acids is 2. The summed E-state index contributed by atoms with van der Waals surface area (Å²) in [6.45, 7) is 5.42. The maximum absolute atomic E-state index is 13.6. The molecular weight excluding hydrogens is 687 g/mol. The molecule has 0 aliphatic carbocycles. The average molecular weight is 730 g/mol. The Morgan fingerprint density at radius 3 is 1.69 bits per heavy atom. The van der Waals surface area contributed by atoms with Crippen LogP contribution >= 0.6 is 0 Å². The fourth-order valence-corrected chi connectivity index (χ4v) is 8.21. The number of fused-ring (bicyclic) bond motifs is 1. The lowest BCUT2D eigenvalue weighted by atomic mass is 9.99. The molecular formula is C45H43N7O3. The van der Waals surface area contributed by atoms with Crippen molar-refractivity contribution in [3.63, 3.8) is 0 Å². The van der Waals surface area contributed by atoms with Crippen LogP contribution in [0.25, 0.3) is 45.1 Å². The molecule has 4 atom stereocenters. The van der Waals surface area contributed by atoms with E-state index in [-0.39, 0.29) is 35.7 Å². The van der Waals surface area contributed by atoms with E-state index in [0.29, 0.717) is 11.5 Å². The topological polar surface area (TPSA) is 124 Å². The molecule has 2 amide bonds. The van der Waals surface area contributed by atoms with Gasteiger partial charge in [-0.15, -0.1) is 0 Å². The van der Waals surface area contributed by atoms with Crippen molar-refractivity contribution < 1.29 is 14.0 Å². The Bertz CT molecular complexity index is 2450. The van der Waals surface area contributed by atoms with E-state index >= 15 is 0 Å². The summed E-state index contributed by atoms with van der Waals surface area (Å²) in [6, 6.07) is 33.8. The number of hydrogen-bond acceptors (Lipinski definition) is 6. The third kappa shape index (κ3) is 6.62. The maximum atomic E-state index is 13.6. The largest absolute Gasteiger partial charge is 0.436 e. The van der Waals surface area contributed by atoms with Crippen molar-refractivity contribution in [3.05, 3.63) is 138 Å². The average Bonchev–Trinajstić information content (AvgIpc) is 4.09.